The standard InChI is InChI=1S/C25H21NO7S/c1-16-7-10-20(11-8-16)34(28,29)33-22-12-9-17(14-23(22)31-3)13-21-25(27)32-24(26-21)18-5-4-6-19(15-18)30-2/h4-15H,1-3H3/b21-13-. The first-order valence-electron chi connectivity index (χ1n) is 10.2. The summed E-state index contributed by atoms with van der Waals surface area (Å²) in [6, 6.07) is 17.9. The predicted octanol–water partition coefficient (Wildman–Crippen LogP) is 4.12. The number of aliphatic imine (C=N–C) groups is 1. The van der Waals surface area contributed by atoms with Gasteiger partial charge in [-0.2, -0.15) is 8.42 Å². The van der Waals surface area contributed by atoms with E-state index >= 15 is 0 Å². The van der Waals surface area contributed by atoms with Crippen molar-refractivity contribution in [1.29, 1.82) is 0 Å². The van der Waals surface area contributed by atoms with E-state index in [1.54, 1.807) is 55.6 Å². The minimum absolute atomic E-state index is 0.0137. The van der Waals surface area contributed by atoms with E-state index in [4.69, 9.17) is 18.4 Å². The molecular formula is C25H21NO7S. The maximum atomic E-state index is 12.6. The van der Waals surface area contributed by atoms with Crippen molar-refractivity contribution in [3.63, 3.8) is 0 Å². The number of hydrogen-bond acceptors (Lipinski definition) is 8. The zero-order chi connectivity index (χ0) is 24.3. The molecule has 0 amide bonds. The molecule has 3 aromatic rings. The van der Waals surface area contributed by atoms with E-state index < -0.39 is 16.1 Å². The second kappa shape index (κ2) is 9.40. The highest BCUT2D eigenvalue weighted by molar-refractivity contribution is 7.87. The van der Waals surface area contributed by atoms with Crippen LogP contribution < -0.4 is 13.7 Å². The Balaban J connectivity index is 1.60. The van der Waals surface area contributed by atoms with Crippen LogP contribution in [0.15, 0.2) is 82.3 Å². The summed E-state index contributed by atoms with van der Waals surface area (Å²) in [5, 5.41) is 0. The molecule has 1 aliphatic rings. The number of carbonyl (C=O) groups is 1. The molecule has 0 aliphatic carbocycles. The SMILES string of the molecule is COc1cccc(C2=N/C(=C\c3ccc(OS(=O)(=O)c4ccc(C)cc4)c(OC)c3)C(=O)O2)c1. The summed E-state index contributed by atoms with van der Waals surface area (Å²) in [6.07, 6.45) is 1.51. The fraction of sp³-hybridized carbons (Fsp3) is 0.120. The molecule has 9 heteroatoms. The number of ether oxygens (including phenoxy) is 3. The molecule has 0 aromatic heterocycles. The fourth-order valence-electron chi connectivity index (χ4n) is 3.16. The first kappa shape index (κ1) is 23.1. The van der Waals surface area contributed by atoms with Crippen molar-refractivity contribution >= 4 is 28.1 Å². The van der Waals surface area contributed by atoms with Gasteiger partial charge in [0.1, 0.15) is 10.6 Å². The van der Waals surface area contributed by atoms with Gasteiger partial charge in [-0.25, -0.2) is 9.79 Å². The van der Waals surface area contributed by atoms with Crippen LogP contribution in [0.3, 0.4) is 0 Å². The third kappa shape index (κ3) is 4.94. The summed E-state index contributed by atoms with van der Waals surface area (Å²) in [5.74, 6) is 0.341. The van der Waals surface area contributed by atoms with Crippen LogP contribution >= 0.6 is 0 Å². The molecule has 0 fully saturated rings. The number of carbonyl (C=O) groups excluding carboxylic acids is 1. The Morgan fingerprint density at radius 2 is 1.68 bits per heavy atom. The zero-order valence-electron chi connectivity index (χ0n) is 18.6. The molecule has 0 N–H and O–H groups in total. The fourth-order valence-corrected chi connectivity index (χ4v) is 4.10. The average Bonchev–Trinajstić information content (AvgIpc) is 3.20. The highest BCUT2D eigenvalue weighted by atomic mass is 32.2. The number of esters is 1. The van der Waals surface area contributed by atoms with Crippen LogP contribution in [0.25, 0.3) is 6.08 Å². The predicted molar refractivity (Wildman–Crippen MR) is 126 cm³/mol. The normalized spacial score (nSPS) is 14.5. The molecule has 1 heterocycles. The molecule has 0 unspecified atom stereocenters. The lowest BCUT2D eigenvalue weighted by atomic mass is 10.1. The number of nitrogens with zero attached hydrogens (tertiary/aromatic N) is 1. The van der Waals surface area contributed by atoms with Crippen molar-refractivity contribution in [3.8, 4) is 17.2 Å². The van der Waals surface area contributed by atoms with Crippen LogP contribution in [0, 0.1) is 6.92 Å². The van der Waals surface area contributed by atoms with Crippen LogP contribution in [0.2, 0.25) is 0 Å². The Bertz CT molecular complexity index is 1410. The summed E-state index contributed by atoms with van der Waals surface area (Å²) in [7, 11) is -1.12. The first-order valence-corrected chi connectivity index (χ1v) is 11.6. The van der Waals surface area contributed by atoms with Gasteiger partial charge < -0.3 is 18.4 Å². The molecule has 0 saturated heterocycles. The lowest BCUT2D eigenvalue weighted by molar-refractivity contribution is -0.129. The Morgan fingerprint density at radius 1 is 0.912 bits per heavy atom. The second-order valence-corrected chi connectivity index (χ2v) is 8.88. The number of benzene rings is 3. The van der Waals surface area contributed by atoms with Gasteiger partial charge in [-0.3, -0.25) is 0 Å². The molecule has 0 atom stereocenters. The van der Waals surface area contributed by atoms with Crippen molar-refractivity contribution in [2.75, 3.05) is 14.2 Å². The number of cyclic esters (lactones) is 1. The number of hydrogen-bond donors (Lipinski definition) is 0. The monoisotopic (exact) mass is 479 g/mol. The molecule has 0 saturated carbocycles. The summed E-state index contributed by atoms with van der Waals surface area (Å²) in [5.41, 5.74) is 2.15. The molecule has 3 aromatic carbocycles. The Hall–Kier alpha value is -4.11. The van der Waals surface area contributed by atoms with Gasteiger partial charge in [0.15, 0.2) is 17.2 Å². The molecule has 174 valence electrons. The Kier molecular flexibility index (Phi) is 6.38. The van der Waals surface area contributed by atoms with Crippen LogP contribution in [0.1, 0.15) is 16.7 Å². The minimum atomic E-state index is -4.05. The van der Waals surface area contributed by atoms with Crippen LogP contribution in [0.5, 0.6) is 17.2 Å². The first-order chi connectivity index (χ1) is 16.3. The second-order valence-electron chi connectivity index (χ2n) is 7.33. The highest BCUT2D eigenvalue weighted by Gasteiger charge is 2.25. The van der Waals surface area contributed by atoms with E-state index in [1.165, 1.54) is 31.4 Å². The summed E-state index contributed by atoms with van der Waals surface area (Å²) in [6.45, 7) is 1.86. The van der Waals surface area contributed by atoms with Crippen molar-refractivity contribution in [2.45, 2.75) is 11.8 Å². The number of aryl methyl sites for hydroxylation is 1. The summed E-state index contributed by atoms with van der Waals surface area (Å²) in [4.78, 5) is 16.6. The number of rotatable bonds is 7. The minimum Gasteiger partial charge on any atom is -0.497 e. The van der Waals surface area contributed by atoms with Gasteiger partial charge in [0.25, 0.3) is 0 Å². The van der Waals surface area contributed by atoms with Gasteiger partial charge in [0, 0.05) is 5.56 Å². The lowest BCUT2D eigenvalue weighted by Gasteiger charge is -2.11. The third-order valence-electron chi connectivity index (χ3n) is 4.94. The van der Waals surface area contributed by atoms with E-state index in [-0.39, 0.29) is 28.0 Å². The van der Waals surface area contributed by atoms with Gasteiger partial charge in [0.05, 0.1) is 14.2 Å². The van der Waals surface area contributed by atoms with Crippen LogP contribution in [-0.4, -0.2) is 34.5 Å². The van der Waals surface area contributed by atoms with E-state index in [0.29, 0.717) is 16.9 Å². The largest absolute Gasteiger partial charge is 0.497 e. The molecule has 0 spiro atoms. The summed E-state index contributed by atoms with van der Waals surface area (Å²) < 4.78 is 46.3. The van der Waals surface area contributed by atoms with Gasteiger partial charge in [-0.05, 0) is 61.0 Å². The highest BCUT2D eigenvalue weighted by Crippen LogP contribution is 2.32. The lowest BCUT2D eigenvalue weighted by Crippen LogP contribution is -2.10. The molecule has 8 nitrogen and oxygen atoms in total. The number of methoxy groups -OCH3 is 2. The maximum absolute atomic E-state index is 12.6. The Morgan fingerprint density at radius 3 is 2.38 bits per heavy atom. The quantitative estimate of drug-likeness (QED) is 0.285. The van der Waals surface area contributed by atoms with E-state index in [0.717, 1.165) is 5.56 Å². The van der Waals surface area contributed by atoms with Crippen molar-refractivity contribution in [3.05, 3.63) is 89.1 Å². The maximum Gasteiger partial charge on any atom is 0.363 e. The van der Waals surface area contributed by atoms with Gasteiger partial charge in [-0.1, -0.05) is 29.8 Å². The van der Waals surface area contributed by atoms with Crippen LogP contribution in [-0.2, 0) is 19.6 Å². The molecular weight excluding hydrogens is 458 g/mol. The van der Waals surface area contributed by atoms with Crippen molar-refractivity contribution < 1.29 is 31.6 Å². The average molecular weight is 480 g/mol. The molecule has 4 rings (SSSR count). The molecule has 1 aliphatic heterocycles. The van der Waals surface area contributed by atoms with Gasteiger partial charge in [-0.15, -0.1) is 0 Å². The van der Waals surface area contributed by atoms with Crippen molar-refractivity contribution in [1.82, 2.24) is 0 Å². The summed E-state index contributed by atoms with van der Waals surface area (Å²) >= 11 is 0. The third-order valence-corrected chi connectivity index (χ3v) is 6.19. The zero-order valence-corrected chi connectivity index (χ0v) is 19.5. The van der Waals surface area contributed by atoms with Crippen LogP contribution in [0.4, 0.5) is 0 Å². The van der Waals surface area contributed by atoms with Gasteiger partial charge >= 0.3 is 16.1 Å². The van der Waals surface area contributed by atoms with E-state index in [9.17, 15) is 13.2 Å². The van der Waals surface area contributed by atoms with Crippen molar-refractivity contribution in [2.24, 2.45) is 4.99 Å². The van der Waals surface area contributed by atoms with E-state index in [2.05, 4.69) is 4.99 Å². The topological polar surface area (TPSA) is 100 Å². The molecule has 0 radical (unpaired) electrons. The molecule has 0 bridgehead atoms. The molecule has 34 heavy (non-hydrogen) atoms. The van der Waals surface area contributed by atoms with E-state index in [1.807, 2.05) is 6.92 Å². The smallest absolute Gasteiger partial charge is 0.363 e. The van der Waals surface area contributed by atoms with Gasteiger partial charge in [0.2, 0.25) is 5.90 Å². The Labute approximate surface area is 197 Å².